The lowest BCUT2D eigenvalue weighted by atomic mass is 10.1. The molecule has 0 aromatic rings. The maximum atomic E-state index is 2.58. The van der Waals surface area contributed by atoms with Gasteiger partial charge in [-0.3, -0.25) is 0 Å². The highest BCUT2D eigenvalue weighted by atomic mass is 28.3. The highest BCUT2D eigenvalue weighted by Crippen LogP contribution is 2.31. The van der Waals surface area contributed by atoms with Gasteiger partial charge in [0, 0.05) is 0 Å². The van der Waals surface area contributed by atoms with Crippen LogP contribution < -0.4 is 0 Å². The van der Waals surface area contributed by atoms with E-state index in [0.29, 0.717) is 0 Å². The van der Waals surface area contributed by atoms with Crippen molar-refractivity contribution >= 4 is 8.07 Å². The summed E-state index contributed by atoms with van der Waals surface area (Å²) in [6.45, 7) is 14.5. The van der Waals surface area contributed by atoms with E-state index in [2.05, 4.69) is 41.2 Å². The average Bonchev–Trinajstić information content (AvgIpc) is 2.03. The fraction of sp³-hybridized carbons (Fsp3) is 1.00. The first kappa shape index (κ1) is 13.2. The number of hydrogen-bond donors (Lipinski definition) is 0. The van der Waals surface area contributed by atoms with Crippen LogP contribution in [0.4, 0.5) is 0 Å². The van der Waals surface area contributed by atoms with Gasteiger partial charge in [0.1, 0.15) is 0 Å². The average molecular weight is 200 g/mol. The molecule has 0 N–H and O–H groups in total. The van der Waals surface area contributed by atoms with Crippen LogP contribution in [-0.4, -0.2) is 8.07 Å². The normalized spacial score (nSPS) is 16.6. The van der Waals surface area contributed by atoms with Crippen LogP contribution in [0.5, 0.6) is 0 Å². The molecule has 0 aliphatic rings. The molecule has 0 saturated carbocycles. The van der Waals surface area contributed by atoms with Crippen LogP contribution in [0.2, 0.25) is 24.2 Å². The van der Waals surface area contributed by atoms with Crippen LogP contribution in [0, 0.1) is 5.92 Å². The molecule has 0 fully saturated rings. The summed E-state index contributed by atoms with van der Waals surface area (Å²) in [5.74, 6) is 0.891. The summed E-state index contributed by atoms with van der Waals surface area (Å²) in [6.07, 6.45) is 2.89. The van der Waals surface area contributed by atoms with Crippen molar-refractivity contribution in [3.8, 4) is 0 Å². The zero-order chi connectivity index (χ0) is 10.5. The predicted molar refractivity (Wildman–Crippen MR) is 66.1 cm³/mol. The molecule has 1 unspecified atom stereocenters. The molecule has 0 radical (unpaired) electrons. The van der Waals surface area contributed by atoms with Crippen LogP contribution in [0.15, 0.2) is 0 Å². The highest BCUT2D eigenvalue weighted by molar-refractivity contribution is 6.79. The van der Waals surface area contributed by atoms with Gasteiger partial charge in [0.25, 0.3) is 0 Å². The quantitative estimate of drug-likeness (QED) is 0.533. The van der Waals surface area contributed by atoms with Gasteiger partial charge in [0.05, 0.1) is 8.07 Å². The first-order valence-corrected chi connectivity index (χ1v) is 8.91. The van der Waals surface area contributed by atoms with Gasteiger partial charge < -0.3 is 0 Å². The van der Waals surface area contributed by atoms with Gasteiger partial charge in [-0.25, -0.2) is 0 Å². The first-order chi connectivity index (χ1) is 5.92. The third-order valence-corrected chi connectivity index (χ3v) is 9.63. The van der Waals surface area contributed by atoms with Crippen molar-refractivity contribution in [3.05, 3.63) is 0 Å². The van der Waals surface area contributed by atoms with E-state index in [9.17, 15) is 0 Å². The summed E-state index contributed by atoms with van der Waals surface area (Å²) in [6, 6.07) is 3.00. The summed E-state index contributed by atoms with van der Waals surface area (Å²) in [5, 5.41) is 0. The van der Waals surface area contributed by atoms with Gasteiger partial charge in [-0.15, -0.1) is 0 Å². The van der Waals surface area contributed by atoms with E-state index in [0.717, 1.165) is 11.5 Å². The molecule has 0 bridgehead atoms. The molecule has 0 saturated heterocycles. The van der Waals surface area contributed by atoms with Crippen LogP contribution >= 0.6 is 0 Å². The summed E-state index contributed by atoms with van der Waals surface area (Å²) < 4.78 is 0. The second kappa shape index (κ2) is 5.84. The van der Waals surface area contributed by atoms with E-state index < -0.39 is 8.07 Å². The van der Waals surface area contributed by atoms with E-state index in [4.69, 9.17) is 0 Å². The molecule has 0 heterocycles. The Kier molecular flexibility index (Phi) is 5.94. The molecule has 0 aliphatic heterocycles. The summed E-state index contributed by atoms with van der Waals surface area (Å²) >= 11 is 0. The van der Waals surface area contributed by atoms with Crippen molar-refractivity contribution in [3.63, 3.8) is 0 Å². The molecule has 0 aromatic carbocycles. The zero-order valence-electron chi connectivity index (χ0n) is 10.5. The van der Waals surface area contributed by atoms with E-state index in [1.165, 1.54) is 18.9 Å². The molecule has 0 aliphatic carbocycles. The number of rotatable bonds is 6. The van der Waals surface area contributed by atoms with Crippen molar-refractivity contribution in [2.24, 2.45) is 5.92 Å². The minimum Gasteiger partial charge on any atom is -0.0690 e. The van der Waals surface area contributed by atoms with Crippen LogP contribution in [-0.2, 0) is 0 Å². The molecule has 0 aromatic heterocycles. The molecular formula is C12H28Si. The van der Waals surface area contributed by atoms with E-state index in [1.54, 1.807) is 6.04 Å². The largest absolute Gasteiger partial charge is 0.0690 e. The van der Waals surface area contributed by atoms with Crippen LogP contribution in [0.25, 0.3) is 0 Å². The monoisotopic (exact) mass is 200 g/mol. The summed E-state index contributed by atoms with van der Waals surface area (Å²) in [4.78, 5) is 0. The van der Waals surface area contributed by atoms with Crippen molar-refractivity contribution in [2.75, 3.05) is 0 Å². The molecule has 1 heteroatoms. The van der Waals surface area contributed by atoms with Gasteiger partial charge in [-0.2, -0.15) is 0 Å². The zero-order valence-corrected chi connectivity index (χ0v) is 11.5. The second-order valence-electron chi connectivity index (χ2n) is 5.45. The van der Waals surface area contributed by atoms with Crippen LogP contribution in [0.1, 0.15) is 47.5 Å². The second-order valence-corrected chi connectivity index (χ2v) is 11.1. The van der Waals surface area contributed by atoms with Gasteiger partial charge in [0.2, 0.25) is 0 Å². The third-order valence-electron chi connectivity index (χ3n) is 3.73. The van der Waals surface area contributed by atoms with Gasteiger partial charge in [-0.05, 0) is 5.92 Å². The molecule has 0 amide bonds. The van der Waals surface area contributed by atoms with Gasteiger partial charge in [0.15, 0.2) is 0 Å². The maximum absolute atomic E-state index is 2.58. The Morgan fingerprint density at radius 2 is 1.62 bits per heavy atom. The SMILES string of the molecule is CC[Si](C)(CCCC(C)C)C(C)C. The van der Waals surface area contributed by atoms with E-state index >= 15 is 0 Å². The Balaban J connectivity index is 3.84. The van der Waals surface area contributed by atoms with Crippen molar-refractivity contribution < 1.29 is 0 Å². The van der Waals surface area contributed by atoms with Crippen molar-refractivity contribution in [2.45, 2.75) is 71.6 Å². The first-order valence-electron chi connectivity index (χ1n) is 5.92. The molecular weight excluding hydrogens is 172 g/mol. The molecule has 0 nitrogen and oxygen atoms in total. The smallest absolute Gasteiger partial charge is 0.0527 e. The molecule has 0 spiro atoms. The van der Waals surface area contributed by atoms with Crippen molar-refractivity contribution in [1.82, 2.24) is 0 Å². The Morgan fingerprint density at radius 3 is 1.92 bits per heavy atom. The molecule has 80 valence electrons. The Morgan fingerprint density at radius 1 is 1.08 bits per heavy atom. The summed E-state index contributed by atoms with van der Waals surface area (Å²) in [7, 11) is -0.868. The van der Waals surface area contributed by atoms with E-state index in [1.807, 2.05) is 0 Å². The van der Waals surface area contributed by atoms with Gasteiger partial charge in [-0.1, -0.05) is 71.6 Å². The Bertz CT molecular complexity index is 129. The molecule has 1 atom stereocenters. The van der Waals surface area contributed by atoms with E-state index in [-0.39, 0.29) is 0 Å². The lowest BCUT2D eigenvalue weighted by molar-refractivity contribution is 0.571. The minimum absolute atomic E-state index is 0.868. The van der Waals surface area contributed by atoms with Crippen molar-refractivity contribution in [1.29, 1.82) is 0 Å². The lowest BCUT2D eigenvalue weighted by Crippen LogP contribution is -2.32. The Hall–Kier alpha value is 0.217. The predicted octanol–water partition coefficient (Wildman–Crippen LogP) is 4.93. The van der Waals surface area contributed by atoms with Gasteiger partial charge >= 0.3 is 0 Å². The standard InChI is InChI=1S/C12H28Si/c1-7-13(6,12(4)5)10-8-9-11(2)3/h11-12H,7-10H2,1-6H3. The number of hydrogen-bond acceptors (Lipinski definition) is 0. The fourth-order valence-electron chi connectivity index (χ4n) is 1.79. The summed E-state index contributed by atoms with van der Waals surface area (Å²) in [5.41, 5.74) is 0.963. The fourth-order valence-corrected chi connectivity index (χ4v) is 4.55. The lowest BCUT2D eigenvalue weighted by Gasteiger charge is -2.30. The molecule has 13 heavy (non-hydrogen) atoms. The maximum Gasteiger partial charge on any atom is 0.0527 e. The third kappa shape index (κ3) is 4.85. The highest BCUT2D eigenvalue weighted by Gasteiger charge is 2.27. The minimum atomic E-state index is -0.868. The van der Waals surface area contributed by atoms with Crippen LogP contribution in [0.3, 0.4) is 0 Å². The topological polar surface area (TPSA) is 0 Å². The molecule has 0 rings (SSSR count). The Labute approximate surface area is 86.1 Å².